The second-order valence-corrected chi connectivity index (χ2v) is 6.70. The molecule has 4 nitrogen and oxygen atoms in total. The summed E-state index contributed by atoms with van der Waals surface area (Å²) < 4.78 is 63.4. The summed E-state index contributed by atoms with van der Waals surface area (Å²) in [5.41, 5.74) is -0.888. The van der Waals surface area contributed by atoms with Gasteiger partial charge in [0.15, 0.2) is 15.5 Å². The van der Waals surface area contributed by atoms with Crippen molar-refractivity contribution in [1.82, 2.24) is 9.55 Å². The predicted octanol–water partition coefficient (Wildman–Crippen LogP) is 2.90. The number of nitrogens with zero attached hydrogens (tertiary/aromatic N) is 2. The van der Waals surface area contributed by atoms with Gasteiger partial charge in [-0.3, -0.25) is 0 Å². The van der Waals surface area contributed by atoms with E-state index in [-0.39, 0.29) is 22.0 Å². The zero-order chi connectivity index (χ0) is 15.8. The van der Waals surface area contributed by atoms with Crippen LogP contribution in [0, 0.1) is 0 Å². The minimum atomic E-state index is -4.57. The number of alkyl halides is 3. The van der Waals surface area contributed by atoms with Crippen molar-refractivity contribution in [1.29, 1.82) is 0 Å². The molecule has 114 valence electrons. The van der Waals surface area contributed by atoms with Crippen LogP contribution in [0.5, 0.6) is 0 Å². The molecule has 0 saturated heterocycles. The van der Waals surface area contributed by atoms with Crippen LogP contribution in [0.15, 0.2) is 35.4 Å². The van der Waals surface area contributed by atoms with Gasteiger partial charge in [-0.2, -0.15) is 13.2 Å². The van der Waals surface area contributed by atoms with E-state index in [1.165, 1.54) is 36.7 Å². The van der Waals surface area contributed by atoms with Crippen LogP contribution in [-0.4, -0.2) is 23.7 Å². The Morgan fingerprint density at radius 2 is 1.86 bits per heavy atom. The van der Waals surface area contributed by atoms with Crippen molar-refractivity contribution >= 4 is 9.84 Å². The quantitative estimate of drug-likeness (QED) is 0.874. The zero-order valence-corrected chi connectivity index (χ0v) is 12.2. The highest BCUT2D eigenvalue weighted by Crippen LogP contribution is 2.32. The van der Waals surface area contributed by atoms with Gasteiger partial charge < -0.3 is 4.57 Å². The van der Waals surface area contributed by atoms with Gasteiger partial charge >= 0.3 is 6.18 Å². The number of halogens is 3. The van der Waals surface area contributed by atoms with Crippen molar-refractivity contribution in [3.05, 3.63) is 36.2 Å². The van der Waals surface area contributed by atoms with E-state index in [4.69, 9.17) is 0 Å². The fraction of sp³-hybridized carbons (Fsp3) is 0.308. The summed E-state index contributed by atoms with van der Waals surface area (Å²) in [6.45, 7) is 1.48. The number of aromatic nitrogens is 2. The van der Waals surface area contributed by atoms with Crippen molar-refractivity contribution in [3.8, 4) is 11.4 Å². The lowest BCUT2D eigenvalue weighted by Crippen LogP contribution is -2.07. The fourth-order valence-electron chi connectivity index (χ4n) is 1.93. The Morgan fingerprint density at radius 1 is 1.24 bits per heavy atom. The Balaban J connectivity index is 2.67. The molecule has 0 aliphatic heterocycles. The topological polar surface area (TPSA) is 52.0 Å². The first-order chi connectivity index (χ1) is 9.66. The van der Waals surface area contributed by atoms with E-state index >= 15 is 0 Å². The molecule has 0 fully saturated rings. The van der Waals surface area contributed by atoms with Crippen molar-refractivity contribution in [2.75, 3.05) is 5.75 Å². The molecule has 2 rings (SSSR count). The molecule has 2 aromatic rings. The predicted molar refractivity (Wildman–Crippen MR) is 71.4 cm³/mol. The number of sulfone groups is 1. The third-order valence-corrected chi connectivity index (χ3v) is 4.80. The fourth-order valence-corrected chi connectivity index (χ4v) is 3.02. The molecule has 0 bridgehead atoms. The van der Waals surface area contributed by atoms with Crippen LogP contribution < -0.4 is 0 Å². The van der Waals surface area contributed by atoms with E-state index in [1.54, 1.807) is 6.07 Å². The van der Waals surface area contributed by atoms with Crippen LogP contribution in [0.25, 0.3) is 11.4 Å². The van der Waals surface area contributed by atoms with Gasteiger partial charge in [0.1, 0.15) is 5.82 Å². The standard InChI is InChI=1S/C13H13F3N2O2S/c1-3-21(19,20)10-7-5-4-6-9(10)12-17-11(8-18(12)2)13(14,15)16/h4-8H,3H2,1-2H3. The molecular weight excluding hydrogens is 305 g/mol. The third kappa shape index (κ3) is 2.94. The maximum absolute atomic E-state index is 12.7. The molecule has 0 radical (unpaired) electrons. The normalized spacial score (nSPS) is 12.6. The molecule has 1 aromatic heterocycles. The van der Waals surface area contributed by atoms with Gasteiger partial charge in [-0.25, -0.2) is 13.4 Å². The lowest BCUT2D eigenvalue weighted by molar-refractivity contribution is -0.140. The van der Waals surface area contributed by atoms with E-state index in [0.717, 1.165) is 6.20 Å². The first kappa shape index (κ1) is 15.6. The Bertz CT molecular complexity index is 764. The molecule has 1 heterocycles. The van der Waals surface area contributed by atoms with Crippen LogP contribution >= 0.6 is 0 Å². The summed E-state index contributed by atoms with van der Waals surface area (Å²) in [5.74, 6) is -0.171. The van der Waals surface area contributed by atoms with Crippen molar-refractivity contribution < 1.29 is 21.6 Å². The van der Waals surface area contributed by atoms with E-state index in [9.17, 15) is 21.6 Å². The highest BCUT2D eigenvalue weighted by Gasteiger charge is 2.35. The molecule has 0 saturated carbocycles. The largest absolute Gasteiger partial charge is 0.434 e. The molecule has 0 amide bonds. The summed E-state index contributed by atoms with van der Waals surface area (Å²) >= 11 is 0. The molecule has 0 N–H and O–H groups in total. The van der Waals surface area contributed by atoms with E-state index in [2.05, 4.69) is 4.98 Å². The molecule has 0 aliphatic carbocycles. The van der Waals surface area contributed by atoms with Gasteiger partial charge in [-0.1, -0.05) is 19.1 Å². The molecule has 0 unspecified atom stereocenters. The number of hydrogen-bond donors (Lipinski definition) is 0. The summed E-state index contributed by atoms with van der Waals surface area (Å²) in [7, 11) is -2.16. The molecule has 1 aromatic carbocycles. The Morgan fingerprint density at radius 3 is 2.38 bits per heavy atom. The number of benzene rings is 1. The average Bonchev–Trinajstić information content (AvgIpc) is 2.81. The number of imidazole rings is 1. The van der Waals surface area contributed by atoms with Crippen molar-refractivity contribution in [2.24, 2.45) is 7.05 Å². The van der Waals surface area contributed by atoms with Gasteiger partial charge in [0.2, 0.25) is 0 Å². The van der Waals surface area contributed by atoms with E-state index < -0.39 is 21.7 Å². The summed E-state index contributed by atoms with van der Waals surface area (Å²) in [4.78, 5) is 3.51. The van der Waals surface area contributed by atoms with E-state index in [1.807, 2.05) is 0 Å². The van der Waals surface area contributed by atoms with E-state index in [0.29, 0.717) is 0 Å². The van der Waals surface area contributed by atoms with Gasteiger partial charge in [0.25, 0.3) is 0 Å². The third-order valence-electron chi connectivity index (χ3n) is 3.01. The van der Waals surface area contributed by atoms with Crippen LogP contribution in [0.1, 0.15) is 12.6 Å². The monoisotopic (exact) mass is 318 g/mol. The molecule has 21 heavy (non-hydrogen) atoms. The minimum absolute atomic E-state index is 0.0186. The molecule has 0 atom stereocenters. The second kappa shape index (κ2) is 5.18. The highest BCUT2D eigenvalue weighted by atomic mass is 32.2. The van der Waals surface area contributed by atoms with Gasteiger partial charge in [-0.15, -0.1) is 0 Å². The first-order valence-electron chi connectivity index (χ1n) is 6.09. The van der Waals surface area contributed by atoms with Gasteiger partial charge in [0, 0.05) is 18.8 Å². The summed E-state index contributed by atoms with van der Waals surface area (Å²) in [6, 6.07) is 5.91. The lowest BCUT2D eigenvalue weighted by Gasteiger charge is -2.08. The van der Waals surface area contributed by atoms with Crippen molar-refractivity contribution in [3.63, 3.8) is 0 Å². The zero-order valence-electron chi connectivity index (χ0n) is 11.3. The van der Waals surface area contributed by atoms with Crippen molar-refractivity contribution in [2.45, 2.75) is 18.0 Å². The number of aryl methyl sites for hydroxylation is 1. The Kier molecular flexibility index (Phi) is 3.83. The SMILES string of the molecule is CCS(=O)(=O)c1ccccc1-c1nc(C(F)(F)F)cn1C. The first-order valence-corrected chi connectivity index (χ1v) is 7.74. The number of rotatable bonds is 3. The van der Waals surface area contributed by atoms with Crippen LogP contribution in [0.2, 0.25) is 0 Å². The molecule has 8 heteroatoms. The van der Waals surface area contributed by atoms with Gasteiger partial charge in [-0.05, 0) is 12.1 Å². The minimum Gasteiger partial charge on any atom is -0.333 e. The highest BCUT2D eigenvalue weighted by molar-refractivity contribution is 7.91. The number of hydrogen-bond acceptors (Lipinski definition) is 3. The molecule has 0 spiro atoms. The van der Waals surface area contributed by atoms with Crippen LogP contribution in [0.3, 0.4) is 0 Å². The summed E-state index contributed by atoms with van der Waals surface area (Å²) in [5, 5.41) is 0. The average molecular weight is 318 g/mol. The second-order valence-electron chi connectivity index (χ2n) is 4.46. The Labute approximate surface area is 120 Å². The Hall–Kier alpha value is -1.83. The van der Waals surface area contributed by atoms with Gasteiger partial charge in [0.05, 0.1) is 10.6 Å². The van der Waals surface area contributed by atoms with Crippen LogP contribution in [0.4, 0.5) is 13.2 Å². The maximum atomic E-state index is 12.7. The summed E-state index contributed by atoms with van der Waals surface area (Å²) in [6.07, 6.45) is -3.74. The maximum Gasteiger partial charge on any atom is 0.434 e. The molecule has 0 aliphatic rings. The molecular formula is C13H13F3N2O2S. The smallest absolute Gasteiger partial charge is 0.333 e. The lowest BCUT2D eigenvalue weighted by atomic mass is 10.2. The van der Waals surface area contributed by atoms with Crippen LogP contribution in [-0.2, 0) is 23.1 Å².